The molecule has 0 amide bonds. The molecule has 0 fully saturated rings. The summed E-state index contributed by atoms with van der Waals surface area (Å²) in [6.07, 6.45) is 2.19. The Kier molecular flexibility index (Phi) is 6.68. The van der Waals surface area contributed by atoms with Crippen LogP contribution in [0, 0.1) is 5.92 Å². The summed E-state index contributed by atoms with van der Waals surface area (Å²) in [5.41, 5.74) is 1.79. The Morgan fingerprint density at radius 1 is 1.22 bits per heavy atom. The quantitative estimate of drug-likeness (QED) is 0.498. The molecule has 2 heterocycles. The van der Waals surface area contributed by atoms with E-state index in [9.17, 15) is 0 Å². The minimum Gasteiger partial charge on any atom is -0.497 e. The maximum Gasteiger partial charge on any atom is 0.214 e. The van der Waals surface area contributed by atoms with Gasteiger partial charge in [-0.2, -0.15) is 4.68 Å². The topological polar surface area (TPSA) is 75.0 Å². The number of rotatable bonds is 9. The summed E-state index contributed by atoms with van der Waals surface area (Å²) in [6, 6.07) is 5.53. The number of benzene rings is 1. The fraction of sp³-hybridized carbons (Fsp3) is 0.444. The van der Waals surface area contributed by atoms with Gasteiger partial charge in [0.1, 0.15) is 17.2 Å². The first-order valence-corrected chi connectivity index (χ1v) is 10.5. The first-order chi connectivity index (χ1) is 13.1. The lowest BCUT2D eigenvalue weighted by molar-refractivity contribution is 0.399. The number of aryl methyl sites for hydroxylation is 1. The predicted molar refractivity (Wildman–Crippen MR) is 107 cm³/mol. The van der Waals surface area contributed by atoms with Crippen LogP contribution in [0.4, 0.5) is 0 Å². The second kappa shape index (κ2) is 9.18. The lowest BCUT2D eigenvalue weighted by Gasteiger charge is -2.10. The van der Waals surface area contributed by atoms with E-state index in [0.29, 0.717) is 28.3 Å². The van der Waals surface area contributed by atoms with E-state index < -0.39 is 0 Å². The Labute approximate surface area is 167 Å². The lowest BCUT2D eigenvalue weighted by atomic mass is 10.1. The number of hydrogen-bond donors (Lipinski definition) is 0. The monoisotopic (exact) mass is 405 g/mol. The predicted octanol–water partition coefficient (Wildman–Crippen LogP) is 4.02. The van der Waals surface area contributed by atoms with Crippen molar-refractivity contribution in [3.05, 3.63) is 34.3 Å². The van der Waals surface area contributed by atoms with E-state index in [1.165, 1.54) is 5.01 Å². The zero-order valence-electron chi connectivity index (χ0n) is 15.9. The zero-order valence-corrected chi connectivity index (χ0v) is 17.5. The third-order valence-electron chi connectivity index (χ3n) is 3.94. The SMILES string of the molecule is COc1ccc(OC)c(-n2nnnc2SCc2csc(CCC(C)C)n2)c1. The molecule has 0 unspecified atom stereocenters. The molecule has 0 aliphatic rings. The molecule has 0 radical (unpaired) electrons. The van der Waals surface area contributed by atoms with Gasteiger partial charge in [0.05, 0.1) is 24.9 Å². The van der Waals surface area contributed by atoms with Gasteiger partial charge in [0.15, 0.2) is 0 Å². The summed E-state index contributed by atoms with van der Waals surface area (Å²) in [7, 11) is 3.25. The number of ether oxygens (including phenoxy) is 2. The third-order valence-corrected chi connectivity index (χ3v) is 5.85. The summed E-state index contributed by atoms with van der Waals surface area (Å²) in [4.78, 5) is 4.72. The van der Waals surface area contributed by atoms with Gasteiger partial charge in [-0.25, -0.2) is 4.98 Å². The standard InChI is InChI=1S/C18H23N5O2S2/c1-12(2)5-8-17-19-13(10-26-17)11-27-18-20-21-22-23(18)15-9-14(24-3)6-7-16(15)25-4/h6-7,9-10,12H,5,8,11H2,1-4H3. The second-order valence-corrected chi connectivity index (χ2v) is 8.25. The van der Waals surface area contributed by atoms with Gasteiger partial charge < -0.3 is 9.47 Å². The van der Waals surface area contributed by atoms with Crippen molar-refractivity contribution < 1.29 is 9.47 Å². The Balaban J connectivity index is 1.73. The van der Waals surface area contributed by atoms with Crippen LogP contribution < -0.4 is 9.47 Å². The number of nitrogens with zero attached hydrogens (tertiary/aromatic N) is 5. The highest BCUT2D eigenvalue weighted by atomic mass is 32.2. The molecule has 9 heteroatoms. The number of hydrogen-bond acceptors (Lipinski definition) is 8. The molecule has 1 aromatic carbocycles. The van der Waals surface area contributed by atoms with Gasteiger partial charge in [-0.05, 0) is 41.3 Å². The molecule has 3 rings (SSSR count). The van der Waals surface area contributed by atoms with Gasteiger partial charge in [-0.3, -0.25) is 0 Å². The fourth-order valence-corrected chi connectivity index (χ4v) is 4.16. The largest absolute Gasteiger partial charge is 0.497 e. The molecular formula is C18H23N5O2S2. The van der Waals surface area contributed by atoms with Crippen molar-refractivity contribution in [1.82, 2.24) is 25.2 Å². The average Bonchev–Trinajstić information content (AvgIpc) is 3.33. The van der Waals surface area contributed by atoms with E-state index in [1.54, 1.807) is 42.0 Å². The lowest BCUT2D eigenvalue weighted by Crippen LogP contribution is -2.02. The van der Waals surface area contributed by atoms with Crippen LogP contribution in [-0.2, 0) is 12.2 Å². The summed E-state index contributed by atoms with van der Waals surface area (Å²) < 4.78 is 12.4. The highest BCUT2D eigenvalue weighted by Crippen LogP contribution is 2.30. The number of tetrazole rings is 1. The molecule has 0 spiro atoms. The fourth-order valence-electron chi connectivity index (χ4n) is 2.46. The molecule has 3 aromatic rings. The van der Waals surface area contributed by atoms with Gasteiger partial charge in [0, 0.05) is 17.2 Å². The van der Waals surface area contributed by atoms with E-state index in [0.717, 1.165) is 24.2 Å². The van der Waals surface area contributed by atoms with Crippen molar-refractivity contribution in [1.29, 1.82) is 0 Å². The van der Waals surface area contributed by atoms with Gasteiger partial charge in [-0.15, -0.1) is 16.4 Å². The second-order valence-electron chi connectivity index (χ2n) is 6.36. The Morgan fingerprint density at radius 3 is 2.81 bits per heavy atom. The highest BCUT2D eigenvalue weighted by Gasteiger charge is 2.15. The van der Waals surface area contributed by atoms with E-state index in [-0.39, 0.29) is 0 Å². The minimum absolute atomic E-state index is 0.676. The van der Waals surface area contributed by atoms with Crippen LogP contribution in [0.3, 0.4) is 0 Å². The minimum atomic E-state index is 0.676. The summed E-state index contributed by atoms with van der Waals surface area (Å²) in [5.74, 6) is 2.79. The van der Waals surface area contributed by atoms with Crippen LogP contribution in [-0.4, -0.2) is 39.4 Å². The molecule has 7 nitrogen and oxygen atoms in total. The van der Waals surface area contributed by atoms with Crippen LogP contribution in [0.2, 0.25) is 0 Å². The van der Waals surface area contributed by atoms with Crippen molar-refractivity contribution in [3.8, 4) is 17.2 Å². The van der Waals surface area contributed by atoms with Crippen molar-refractivity contribution in [2.75, 3.05) is 14.2 Å². The highest BCUT2D eigenvalue weighted by molar-refractivity contribution is 7.98. The Morgan fingerprint density at radius 2 is 2.07 bits per heavy atom. The van der Waals surface area contributed by atoms with E-state index in [2.05, 4.69) is 34.8 Å². The molecule has 0 saturated heterocycles. The zero-order chi connectivity index (χ0) is 19.2. The molecular weight excluding hydrogens is 382 g/mol. The maximum absolute atomic E-state index is 5.44. The molecule has 0 saturated carbocycles. The first kappa shape index (κ1) is 19.6. The first-order valence-electron chi connectivity index (χ1n) is 8.67. The average molecular weight is 406 g/mol. The van der Waals surface area contributed by atoms with Crippen LogP contribution >= 0.6 is 23.1 Å². The third kappa shape index (κ3) is 4.98. The molecule has 27 heavy (non-hydrogen) atoms. The van der Waals surface area contributed by atoms with Gasteiger partial charge in [-0.1, -0.05) is 25.6 Å². The number of thioether (sulfide) groups is 1. The molecule has 2 aromatic heterocycles. The van der Waals surface area contributed by atoms with Crippen molar-refractivity contribution in [2.24, 2.45) is 5.92 Å². The van der Waals surface area contributed by atoms with Crippen LogP contribution in [0.25, 0.3) is 5.69 Å². The number of methoxy groups -OCH3 is 2. The van der Waals surface area contributed by atoms with Crippen LogP contribution in [0.5, 0.6) is 11.5 Å². The van der Waals surface area contributed by atoms with Gasteiger partial charge in [0.25, 0.3) is 0 Å². The molecule has 0 aliphatic carbocycles. The Bertz CT molecular complexity index is 878. The molecule has 0 bridgehead atoms. The normalized spacial score (nSPS) is 11.1. The van der Waals surface area contributed by atoms with Crippen LogP contribution in [0.15, 0.2) is 28.7 Å². The van der Waals surface area contributed by atoms with Gasteiger partial charge in [0.2, 0.25) is 5.16 Å². The van der Waals surface area contributed by atoms with Gasteiger partial charge >= 0.3 is 0 Å². The summed E-state index contributed by atoms with van der Waals surface area (Å²) in [6.45, 7) is 4.47. The molecule has 0 atom stereocenters. The van der Waals surface area contributed by atoms with Crippen molar-refractivity contribution in [2.45, 2.75) is 37.6 Å². The van der Waals surface area contributed by atoms with E-state index >= 15 is 0 Å². The maximum atomic E-state index is 5.44. The Hall–Kier alpha value is -2.13. The molecule has 144 valence electrons. The van der Waals surface area contributed by atoms with Crippen LogP contribution in [0.1, 0.15) is 31.0 Å². The summed E-state index contributed by atoms with van der Waals surface area (Å²) in [5, 5.41) is 16.1. The number of aromatic nitrogens is 5. The van der Waals surface area contributed by atoms with E-state index in [4.69, 9.17) is 14.5 Å². The smallest absolute Gasteiger partial charge is 0.214 e. The van der Waals surface area contributed by atoms with E-state index in [1.807, 2.05) is 18.2 Å². The molecule has 0 N–H and O–H groups in total. The van der Waals surface area contributed by atoms with Crippen molar-refractivity contribution in [3.63, 3.8) is 0 Å². The summed E-state index contributed by atoms with van der Waals surface area (Å²) >= 11 is 3.27. The molecule has 0 aliphatic heterocycles. The van der Waals surface area contributed by atoms with Crippen molar-refractivity contribution >= 4 is 23.1 Å². The number of thiazole rings is 1.